The second-order valence-corrected chi connectivity index (χ2v) is 4.41. The standard InChI is InChI=1S/C11H13BrN2O3/c1-13-10(15)6-14(2)9-5-7(12)3-4-8(9)11(16)17/h3-5H,6H2,1-2H3,(H,13,15)(H,16,17). The smallest absolute Gasteiger partial charge is 0.337 e. The van der Waals surface area contributed by atoms with Crippen LogP contribution in [0.1, 0.15) is 10.4 Å². The SMILES string of the molecule is CNC(=O)CN(C)c1cc(Br)ccc1C(=O)O. The van der Waals surface area contributed by atoms with Crippen LogP contribution in [0.5, 0.6) is 0 Å². The Balaban J connectivity index is 3.06. The van der Waals surface area contributed by atoms with Crippen LogP contribution in [0.3, 0.4) is 0 Å². The van der Waals surface area contributed by atoms with Gasteiger partial charge in [-0.05, 0) is 18.2 Å². The van der Waals surface area contributed by atoms with E-state index < -0.39 is 5.97 Å². The fourth-order valence-electron chi connectivity index (χ4n) is 1.38. The maximum Gasteiger partial charge on any atom is 0.337 e. The fourth-order valence-corrected chi connectivity index (χ4v) is 1.73. The summed E-state index contributed by atoms with van der Waals surface area (Å²) in [6, 6.07) is 4.83. The maximum atomic E-state index is 11.2. The molecule has 1 amide bonds. The van der Waals surface area contributed by atoms with E-state index in [4.69, 9.17) is 5.11 Å². The molecule has 0 aliphatic rings. The van der Waals surface area contributed by atoms with Gasteiger partial charge in [0.25, 0.3) is 0 Å². The van der Waals surface area contributed by atoms with E-state index in [-0.39, 0.29) is 18.0 Å². The molecule has 1 rings (SSSR count). The zero-order valence-corrected chi connectivity index (χ0v) is 11.1. The van der Waals surface area contributed by atoms with E-state index in [1.54, 1.807) is 24.1 Å². The van der Waals surface area contributed by atoms with Crippen molar-refractivity contribution in [2.45, 2.75) is 0 Å². The molecule has 0 aromatic heterocycles. The Morgan fingerprint density at radius 3 is 2.65 bits per heavy atom. The number of carboxylic acid groups (broad SMARTS) is 1. The number of hydrogen-bond acceptors (Lipinski definition) is 3. The molecule has 0 heterocycles. The van der Waals surface area contributed by atoms with Crippen LogP contribution in [0.25, 0.3) is 0 Å². The van der Waals surface area contributed by atoms with E-state index in [0.29, 0.717) is 5.69 Å². The predicted molar refractivity (Wildman–Crippen MR) is 68.4 cm³/mol. The van der Waals surface area contributed by atoms with E-state index in [9.17, 15) is 9.59 Å². The second-order valence-electron chi connectivity index (χ2n) is 3.50. The molecule has 0 radical (unpaired) electrons. The van der Waals surface area contributed by atoms with Crippen molar-refractivity contribution in [1.82, 2.24) is 5.32 Å². The molecule has 17 heavy (non-hydrogen) atoms. The Bertz CT molecular complexity index is 448. The first kappa shape index (κ1) is 13.5. The molecule has 0 aliphatic carbocycles. The Kier molecular flexibility index (Phi) is 4.51. The topological polar surface area (TPSA) is 69.6 Å². The fraction of sp³-hybridized carbons (Fsp3) is 0.273. The number of nitrogens with zero attached hydrogens (tertiary/aromatic N) is 1. The summed E-state index contributed by atoms with van der Waals surface area (Å²) >= 11 is 3.28. The number of halogens is 1. The van der Waals surface area contributed by atoms with Gasteiger partial charge in [0.1, 0.15) is 0 Å². The van der Waals surface area contributed by atoms with Gasteiger partial charge in [-0.1, -0.05) is 15.9 Å². The molecule has 0 fully saturated rings. The minimum atomic E-state index is -1.02. The van der Waals surface area contributed by atoms with Crippen molar-refractivity contribution in [3.63, 3.8) is 0 Å². The van der Waals surface area contributed by atoms with Gasteiger partial charge >= 0.3 is 5.97 Å². The number of likely N-dealkylation sites (N-methyl/N-ethyl adjacent to an activating group) is 2. The summed E-state index contributed by atoms with van der Waals surface area (Å²) in [5, 5.41) is 11.5. The van der Waals surface area contributed by atoms with E-state index in [1.165, 1.54) is 13.1 Å². The van der Waals surface area contributed by atoms with Crippen molar-refractivity contribution < 1.29 is 14.7 Å². The van der Waals surface area contributed by atoms with Crippen LogP contribution in [0.2, 0.25) is 0 Å². The van der Waals surface area contributed by atoms with Gasteiger partial charge in [0.05, 0.1) is 17.8 Å². The molecule has 0 atom stereocenters. The quantitative estimate of drug-likeness (QED) is 0.880. The highest BCUT2D eigenvalue weighted by Gasteiger charge is 2.15. The third-order valence-electron chi connectivity index (χ3n) is 2.26. The minimum Gasteiger partial charge on any atom is -0.478 e. The van der Waals surface area contributed by atoms with E-state index >= 15 is 0 Å². The average molecular weight is 301 g/mol. The highest BCUT2D eigenvalue weighted by atomic mass is 79.9. The van der Waals surface area contributed by atoms with Gasteiger partial charge in [-0.25, -0.2) is 4.79 Å². The van der Waals surface area contributed by atoms with Crippen molar-refractivity contribution in [2.75, 3.05) is 25.5 Å². The first-order valence-electron chi connectivity index (χ1n) is 4.90. The van der Waals surface area contributed by atoms with Gasteiger partial charge in [0, 0.05) is 18.6 Å². The van der Waals surface area contributed by atoms with Gasteiger partial charge in [-0.3, -0.25) is 4.79 Å². The molecule has 0 saturated heterocycles. The number of rotatable bonds is 4. The van der Waals surface area contributed by atoms with Crippen molar-refractivity contribution in [3.05, 3.63) is 28.2 Å². The van der Waals surface area contributed by atoms with Crippen molar-refractivity contribution in [3.8, 4) is 0 Å². The summed E-state index contributed by atoms with van der Waals surface area (Å²) in [5.74, 6) is -1.19. The Morgan fingerprint density at radius 1 is 1.47 bits per heavy atom. The van der Waals surface area contributed by atoms with Crippen molar-refractivity contribution in [1.29, 1.82) is 0 Å². The monoisotopic (exact) mass is 300 g/mol. The third kappa shape index (κ3) is 3.45. The first-order valence-corrected chi connectivity index (χ1v) is 5.69. The van der Waals surface area contributed by atoms with Gasteiger partial charge in [-0.2, -0.15) is 0 Å². The number of amides is 1. The molecule has 0 spiro atoms. The van der Waals surface area contributed by atoms with Crippen LogP contribution < -0.4 is 10.2 Å². The van der Waals surface area contributed by atoms with Gasteiger partial charge in [-0.15, -0.1) is 0 Å². The summed E-state index contributed by atoms with van der Waals surface area (Å²) < 4.78 is 0.765. The summed E-state index contributed by atoms with van der Waals surface area (Å²) in [7, 11) is 3.21. The molecular formula is C11H13BrN2O3. The molecule has 92 valence electrons. The zero-order chi connectivity index (χ0) is 13.0. The van der Waals surface area contributed by atoms with Gasteiger partial charge in [0.15, 0.2) is 0 Å². The molecule has 6 heteroatoms. The number of hydrogen-bond donors (Lipinski definition) is 2. The zero-order valence-electron chi connectivity index (χ0n) is 9.53. The second kappa shape index (κ2) is 5.67. The van der Waals surface area contributed by atoms with Crippen molar-refractivity contribution in [2.24, 2.45) is 0 Å². The number of carbonyl (C=O) groups is 2. The molecule has 0 aliphatic heterocycles. The van der Waals surface area contributed by atoms with Crippen LogP contribution >= 0.6 is 15.9 Å². The van der Waals surface area contributed by atoms with Crippen molar-refractivity contribution >= 4 is 33.5 Å². The largest absolute Gasteiger partial charge is 0.478 e. The number of carbonyl (C=O) groups excluding carboxylic acids is 1. The number of nitrogens with one attached hydrogen (secondary N) is 1. The van der Waals surface area contributed by atoms with E-state index in [1.807, 2.05) is 0 Å². The summed E-state index contributed by atoms with van der Waals surface area (Å²) in [6.07, 6.45) is 0. The van der Waals surface area contributed by atoms with Crippen LogP contribution in [0, 0.1) is 0 Å². The molecule has 1 aromatic rings. The highest BCUT2D eigenvalue weighted by molar-refractivity contribution is 9.10. The lowest BCUT2D eigenvalue weighted by Gasteiger charge is -2.20. The normalized spacial score (nSPS) is 9.82. The molecular weight excluding hydrogens is 288 g/mol. The Hall–Kier alpha value is -1.56. The third-order valence-corrected chi connectivity index (χ3v) is 2.75. The van der Waals surface area contributed by atoms with Crippen LogP contribution in [0.15, 0.2) is 22.7 Å². The first-order chi connectivity index (χ1) is 7.95. The summed E-state index contributed by atoms with van der Waals surface area (Å²) in [4.78, 5) is 23.9. The van der Waals surface area contributed by atoms with E-state index in [2.05, 4.69) is 21.2 Å². The average Bonchev–Trinajstić information content (AvgIpc) is 2.28. The maximum absolute atomic E-state index is 11.2. The Labute approximate surface area is 108 Å². The number of anilines is 1. The molecule has 0 bridgehead atoms. The molecule has 2 N–H and O–H groups in total. The lowest BCUT2D eigenvalue weighted by molar-refractivity contribution is -0.119. The number of aromatic carboxylic acids is 1. The van der Waals surface area contributed by atoms with Gasteiger partial charge < -0.3 is 15.3 Å². The summed E-state index contributed by atoms with van der Waals surface area (Å²) in [5.41, 5.74) is 0.662. The summed E-state index contributed by atoms with van der Waals surface area (Å²) in [6.45, 7) is 0.104. The predicted octanol–water partition coefficient (Wildman–Crippen LogP) is 1.33. The molecule has 0 saturated carbocycles. The number of benzene rings is 1. The van der Waals surface area contributed by atoms with Crippen LogP contribution in [0.4, 0.5) is 5.69 Å². The lowest BCUT2D eigenvalue weighted by atomic mass is 10.1. The molecule has 1 aromatic carbocycles. The Morgan fingerprint density at radius 2 is 2.12 bits per heavy atom. The lowest BCUT2D eigenvalue weighted by Crippen LogP contribution is -2.33. The van der Waals surface area contributed by atoms with Gasteiger partial charge in [0.2, 0.25) is 5.91 Å². The van der Waals surface area contributed by atoms with Crippen LogP contribution in [-0.4, -0.2) is 37.6 Å². The minimum absolute atomic E-state index is 0.104. The number of carboxylic acids is 1. The highest BCUT2D eigenvalue weighted by Crippen LogP contribution is 2.24. The van der Waals surface area contributed by atoms with E-state index in [0.717, 1.165) is 4.47 Å². The molecule has 0 unspecified atom stereocenters. The molecule has 5 nitrogen and oxygen atoms in total. The van der Waals surface area contributed by atoms with Crippen LogP contribution in [-0.2, 0) is 4.79 Å².